The summed E-state index contributed by atoms with van der Waals surface area (Å²) in [7, 11) is 2.15. The first-order valence-corrected chi connectivity index (χ1v) is 9.55. The molecule has 0 atom stereocenters. The molecule has 142 valence electrons. The second-order valence-electron chi connectivity index (χ2n) is 7.08. The van der Waals surface area contributed by atoms with Crippen LogP contribution in [0.4, 0.5) is 11.4 Å². The lowest BCUT2D eigenvalue weighted by molar-refractivity contribution is -0.111. The quantitative estimate of drug-likeness (QED) is 0.711. The number of anilines is 2. The molecule has 0 saturated carbocycles. The average molecular weight is 372 g/mol. The Morgan fingerprint density at radius 3 is 2.54 bits per heavy atom. The van der Waals surface area contributed by atoms with Gasteiger partial charge in [-0.2, -0.15) is 0 Å². The van der Waals surface area contributed by atoms with E-state index in [4.69, 9.17) is 0 Å². The highest BCUT2D eigenvalue weighted by atomic mass is 16.1. The van der Waals surface area contributed by atoms with Crippen molar-refractivity contribution < 1.29 is 4.79 Å². The first-order valence-electron chi connectivity index (χ1n) is 9.55. The van der Waals surface area contributed by atoms with Crippen LogP contribution in [0.15, 0.2) is 66.9 Å². The number of para-hydroxylation sites is 1. The summed E-state index contributed by atoms with van der Waals surface area (Å²) in [5.41, 5.74) is 3.82. The number of aromatic nitrogens is 1. The number of rotatable bonds is 4. The van der Waals surface area contributed by atoms with Crippen LogP contribution >= 0.6 is 0 Å². The molecule has 1 N–H and O–H groups in total. The molecule has 28 heavy (non-hydrogen) atoms. The Bertz CT molecular complexity index is 984. The normalized spacial score (nSPS) is 15.2. The van der Waals surface area contributed by atoms with E-state index in [0.717, 1.165) is 48.3 Å². The van der Waals surface area contributed by atoms with Gasteiger partial charge in [0.05, 0.1) is 5.52 Å². The number of carbonyl (C=O) groups is 1. The summed E-state index contributed by atoms with van der Waals surface area (Å²) in [5.74, 6) is -0.153. The topological polar surface area (TPSA) is 48.5 Å². The maximum absolute atomic E-state index is 12.3. The lowest BCUT2D eigenvalue weighted by atomic mass is 10.1. The van der Waals surface area contributed by atoms with Gasteiger partial charge in [0.15, 0.2) is 0 Å². The third kappa shape index (κ3) is 4.21. The van der Waals surface area contributed by atoms with E-state index in [1.807, 2.05) is 48.5 Å². The predicted molar refractivity (Wildman–Crippen MR) is 116 cm³/mol. The average Bonchev–Trinajstić information content (AvgIpc) is 2.73. The van der Waals surface area contributed by atoms with Crippen molar-refractivity contribution in [1.82, 2.24) is 9.88 Å². The van der Waals surface area contributed by atoms with Gasteiger partial charge >= 0.3 is 0 Å². The van der Waals surface area contributed by atoms with Gasteiger partial charge in [0.25, 0.3) is 0 Å². The Morgan fingerprint density at radius 1 is 1.00 bits per heavy atom. The highest BCUT2D eigenvalue weighted by Gasteiger charge is 2.14. The molecule has 4 rings (SSSR count). The van der Waals surface area contributed by atoms with Crippen LogP contribution in [0.5, 0.6) is 0 Å². The SMILES string of the molecule is CN1CCN(c2ccc(NC(=O)/C=C/c3cccc4cccnc34)cc2)CC1. The first-order chi connectivity index (χ1) is 13.7. The number of nitrogens with one attached hydrogen (secondary N) is 1. The molecule has 0 radical (unpaired) electrons. The number of likely N-dealkylation sites (N-methyl/N-ethyl adjacent to an activating group) is 1. The Balaban J connectivity index is 1.40. The van der Waals surface area contributed by atoms with E-state index in [0.29, 0.717) is 0 Å². The number of pyridine rings is 1. The Kier molecular flexibility index (Phi) is 5.35. The molecular weight excluding hydrogens is 348 g/mol. The van der Waals surface area contributed by atoms with Crippen LogP contribution in [-0.4, -0.2) is 49.0 Å². The number of piperazine rings is 1. The molecule has 1 aromatic heterocycles. The largest absolute Gasteiger partial charge is 0.369 e. The number of fused-ring (bicyclic) bond motifs is 1. The molecule has 1 aliphatic rings. The van der Waals surface area contributed by atoms with E-state index < -0.39 is 0 Å². The van der Waals surface area contributed by atoms with Crippen molar-refractivity contribution in [3.8, 4) is 0 Å². The van der Waals surface area contributed by atoms with E-state index in [9.17, 15) is 4.79 Å². The summed E-state index contributed by atoms with van der Waals surface area (Å²) in [6.45, 7) is 4.21. The summed E-state index contributed by atoms with van der Waals surface area (Å²) in [5, 5.41) is 3.98. The van der Waals surface area contributed by atoms with E-state index in [1.54, 1.807) is 12.3 Å². The van der Waals surface area contributed by atoms with Crippen molar-refractivity contribution in [3.63, 3.8) is 0 Å². The minimum atomic E-state index is -0.153. The lowest BCUT2D eigenvalue weighted by Gasteiger charge is -2.34. The van der Waals surface area contributed by atoms with Crippen LogP contribution in [-0.2, 0) is 4.79 Å². The summed E-state index contributed by atoms with van der Waals surface area (Å²) < 4.78 is 0. The Labute approximate surface area is 165 Å². The molecule has 2 heterocycles. The molecule has 0 aliphatic carbocycles. The molecule has 1 saturated heterocycles. The van der Waals surface area contributed by atoms with Gasteiger partial charge < -0.3 is 15.1 Å². The van der Waals surface area contributed by atoms with Crippen molar-refractivity contribution >= 4 is 34.3 Å². The van der Waals surface area contributed by atoms with Crippen LogP contribution in [0.1, 0.15) is 5.56 Å². The molecule has 0 spiro atoms. The summed E-state index contributed by atoms with van der Waals surface area (Å²) in [6, 6.07) is 17.9. The van der Waals surface area contributed by atoms with Crippen LogP contribution in [0.25, 0.3) is 17.0 Å². The summed E-state index contributed by atoms with van der Waals surface area (Å²) >= 11 is 0. The van der Waals surface area contributed by atoms with Gasteiger partial charge in [-0.15, -0.1) is 0 Å². The molecule has 1 amide bonds. The van der Waals surface area contributed by atoms with Gasteiger partial charge in [-0.05, 0) is 43.5 Å². The van der Waals surface area contributed by atoms with Crippen molar-refractivity contribution in [3.05, 3.63) is 72.4 Å². The fourth-order valence-corrected chi connectivity index (χ4v) is 3.43. The summed E-state index contributed by atoms with van der Waals surface area (Å²) in [4.78, 5) is 21.4. The van der Waals surface area contributed by atoms with Gasteiger partial charge in [0.1, 0.15) is 0 Å². The highest BCUT2D eigenvalue weighted by Crippen LogP contribution is 2.20. The van der Waals surface area contributed by atoms with E-state index in [-0.39, 0.29) is 5.91 Å². The number of benzene rings is 2. The molecule has 2 aromatic carbocycles. The molecular formula is C23H24N4O. The van der Waals surface area contributed by atoms with Crippen molar-refractivity contribution in [1.29, 1.82) is 0 Å². The Hall–Kier alpha value is -3.18. The van der Waals surface area contributed by atoms with Crippen LogP contribution in [0.2, 0.25) is 0 Å². The van der Waals surface area contributed by atoms with Crippen LogP contribution < -0.4 is 10.2 Å². The molecule has 3 aromatic rings. The fourth-order valence-electron chi connectivity index (χ4n) is 3.43. The van der Waals surface area contributed by atoms with Crippen molar-refractivity contribution in [2.24, 2.45) is 0 Å². The molecule has 0 bridgehead atoms. The summed E-state index contributed by atoms with van der Waals surface area (Å²) in [6.07, 6.45) is 5.13. The minimum Gasteiger partial charge on any atom is -0.369 e. The molecule has 0 unspecified atom stereocenters. The first kappa shape index (κ1) is 18.2. The Morgan fingerprint density at radius 2 is 1.75 bits per heavy atom. The van der Waals surface area contributed by atoms with Gasteiger partial charge in [-0.3, -0.25) is 9.78 Å². The second kappa shape index (κ2) is 8.23. The predicted octanol–water partition coefficient (Wildman–Crippen LogP) is 3.64. The van der Waals surface area contributed by atoms with E-state index in [1.165, 1.54) is 5.69 Å². The molecule has 5 heteroatoms. The number of carbonyl (C=O) groups excluding carboxylic acids is 1. The monoisotopic (exact) mass is 372 g/mol. The molecule has 1 fully saturated rings. The van der Waals surface area contributed by atoms with Crippen molar-refractivity contribution in [2.75, 3.05) is 43.4 Å². The van der Waals surface area contributed by atoms with E-state index in [2.05, 4.69) is 39.3 Å². The number of amides is 1. The number of nitrogens with zero attached hydrogens (tertiary/aromatic N) is 3. The van der Waals surface area contributed by atoms with Gasteiger partial charge in [-0.1, -0.05) is 24.3 Å². The molecule has 5 nitrogen and oxygen atoms in total. The van der Waals surface area contributed by atoms with E-state index >= 15 is 0 Å². The van der Waals surface area contributed by atoms with Gasteiger partial charge in [0, 0.05) is 60.8 Å². The number of hydrogen-bond acceptors (Lipinski definition) is 4. The fraction of sp³-hybridized carbons (Fsp3) is 0.217. The van der Waals surface area contributed by atoms with Crippen LogP contribution in [0, 0.1) is 0 Å². The zero-order chi connectivity index (χ0) is 19.3. The number of hydrogen-bond donors (Lipinski definition) is 1. The zero-order valence-corrected chi connectivity index (χ0v) is 16.0. The smallest absolute Gasteiger partial charge is 0.248 e. The third-order valence-corrected chi connectivity index (χ3v) is 5.08. The third-order valence-electron chi connectivity index (χ3n) is 5.08. The molecule has 1 aliphatic heterocycles. The highest BCUT2D eigenvalue weighted by molar-refractivity contribution is 6.03. The lowest BCUT2D eigenvalue weighted by Crippen LogP contribution is -2.44. The van der Waals surface area contributed by atoms with Crippen LogP contribution in [0.3, 0.4) is 0 Å². The minimum absolute atomic E-state index is 0.153. The maximum Gasteiger partial charge on any atom is 0.248 e. The van der Waals surface area contributed by atoms with Crippen molar-refractivity contribution in [2.45, 2.75) is 0 Å². The zero-order valence-electron chi connectivity index (χ0n) is 16.0. The second-order valence-corrected chi connectivity index (χ2v) is 7.08. The maximum atomic E-state index is 12.3. The standard InChI is InChI=1S/C23H24N4O/c1-26-14-16-27(17-15-26)21-10-8-20(9-11-21)25-22(28)12-7-19-5-2-4-18-6-3-13-24-23(18)19/h2-13H,14-17H2,1H3,(H,25,28)/b12-7+. The van der Waals surface area contributed by atoms with Gasteiger partial charge in [0.2, 0.25) is 5.91 Å². The van der Waals surface area contributed by atoms with Gasteiger partial charge in [-0.25, -0.2) is 0 Å².